The Kier molecular flexibility index (Phi) is 3.85. The predicted octanol–water partition coefficient (Wildman–Crippen LogP) is 2.44. The smallest absolute Gasteiger partial charge is 0.319 e. The summed E-state index contributed by atoms with van der Waals surface area (Å²) in [6.45, 7) is 5.64. The Morgan fingerprint density at radius 1 is 1.60 bits per heavy atom. The number of carbonyl (C=O) groups excluding carboxylic acids is 1. The van der Waals surface area contributed by atoms with Crippen LogP contribution in [-0.2, 0) is 0 Å². The maximum atomic E-state index is 12.9. The molecule has 3 nitrogen and oxygen atoms in total. The van der Waals surface area contributed by atoms with Crippen LogP contribution in [0.1, 0.15) is 5.56 Å². The van der Waals surface area contributed by atoms with E-state index in [-0.39, 0.29) is 11.8 Å². The highest BCUT2D eigenvalue weighted by Crippen LogP contribution is 2.15. The molecule has 0 aliphatic heterocycles. The molecule has 0 heterocycles. The van der Waals surface area contributed by atoms with E-state index >= 15 is 0 Å². The molecule has 0 spiro atoms. The molecular formula is C11H13FN2O. The Balaban J connectivity index is 2.67. The number of aryl methyl sites for hydroxylation is 1. The minimum atomic E-state index is -0.375. The molecule has 0 saturated carbocycles. The second kappa shape index (κ2) is 5.14. The Morgan fingerprint density at radius 3 is 3.00 bits per heavy atom. The fourth-order valence-corrected chi connectivity index (χ4v) is 1.06. The van der Waals surface area contributed by atoms with Gasteiger partial charge in [-0.3, -0.25) is 0 Å². The topological polar surface area (TPSA) is 41.1 Å². The van der Waals surface area contributed by atoms with Gasteiger partial charge in [-0.1, -0.05) is 12.1 Å². The molecule has 0 unspecified atom stereocenters. The average molecular weight is 208 g/mol. The monoisotopic (exact) mass is 208 g/mol. The summed E-state index contributed by atoms with van der Waals surface area (Å²) in [5, 5.41) is 5.08. The third-order valence-electron chi connectivity index (χ3n) is 1.85. The Hall–Kier alpha value is -1.84. The predicted molar refractivity (Wildman–Crippen MR) is 58.4 cm³/mol. The van der Waals surface area contributed by atoms with Gasteiger partial charge in [-0.25, -0.2) is 9.18 Å². The van der Waals surface area contributed by atoms with Crippen molar-refractivity contribution >= 4 is 11.7 Å². The second-order valence-corrected chi connectivity index (χ2v) is 3.08. The molecule has 2 amide bonds. The number of hydrogen-bond acceptors (Lipinski definition) is 1. The summed E-state index contributed by atoms with van der Waals surface area (Å²) < 4.78 is 12.9. The highest BCUT2D eigenvalue weighted by atomic mass is 19.1. The van der Waals surface area contributed by atoms with Gasteiger partial charge < -0.3 is 10.6 Å². The third kappa shape index (κ3) is 3.42. The normalized spacial score (nSPS) is 9.47. The Bertz CT molecular complexity index is 377. The van der Waals surface area contributed by atoms with E-state index in [0.29, 0.717) is 12.2 Å². The number of urea groups is 1. The molecular weight excluding hydrogens is 195 g/mol. The van der Waals surface area contributed by atoms with Crippen LogP contribution in [0.3, 0.4) is 0 Å². The van der Waals surface area contributed by atoms with Crippen molar-refractivity contribution in [3.05, 3.63) is 42.2 Å². The summed E-state index contributed by atoms with van der Waals surface area (Å²) >= 11 is 0. The van der Waals surface area contributed by atoms with E-state index in [1.165, 1.54) is 12.1 Å². The van der Waals surface area contributed by atoms with Crippen molar-refractivity contribution in [2.45, 2.75) is 6.92 Å². The molecule has 80 valence electrons. The van der Waals surface area contributed by atoms with Crippen LogP contribution < -0.4 is 10.6 Å². The number of amides is 2. The summed E-state index contributed by atoms with van der Waals surface area (Å²) in [5.41, 5.74) is 1.28. The Morgan fingerprint density at radius 2 is 2.33 bits per heavy atom. The quantitative estimate of drug-likeness (QED) is 0.736. The zero-order valence-corrected chi connectivity index (χ0v) is 8.51. The standard InChI is InChI=1S/C11H13FN2O/c1-3-6-13-11(15)14-10-7-9(12)5-4-8(10)2/h3-5,7H,1,6H2,2H3,(H2,13,14,15). The van der Waals surface area contributed by atoms with E-state index in [1.54, 1.807) is 19.1 Å². The molecule has 4 heteroatoms. The van der Waals surface area contributed by atoms with Crippen LogP contribution in [0.15, 0.2) is 30.9 Å². The van der Waals surface area contributed by atoms with Crippen LogP contribution in [-0.4, -0.2) is 12.6 Å². The summed E-state index contributed by atoms with van der Waals surface area (Å²) in [5.74, 6) is -0.375. The lowest BCUT2D eigenvalue weighted by Crippen LogP contribution is -2.28. The number of hydrogen-bond donors (Lipinski definition) is 2. The first-order valence-corrected chi connectivity index (χ1v) is 4.55. The van der Waals surface area contributed by atoms with Gasteiger partial charge in [0.1, 0.15) is 5.82 Å². The van der Waals surface area contributed by atoms with Crippen LogP contribution in [0.2, 0.25) is 0 Å². The van der Waals surface area contributed by atoms with E-state index in [0.717, 1.165) is 5.56 Å². The molecule has 0 aromatic heterocycles. The van der Waals surface area contributed by atoms with Crippen molar-refractivity contribution in [1.29, 1.82) is 0 Å². The maximum Gasteiger partial charge on any atom is 0.319 e. The summed E-state index contributed by atoms with van der Waals surface area (Å²) in [6.07, 6.45) is 1.57. The number of benzene rings is 1. The lowest BCUT2D eigenvalue weighted by molar-refractivity contribution is 0.253. The van der Waals surface area contributed by atoms with Gasteiger partial charge >= 0.3 is 6.03 Å². The van der Waals surface area contributed by atoms with E-state index in [9.17, 15) is 9.18 Å². The van der Waals surface area contributed by atoms with Crippen molar-refractivity contribution < 1.29 is 9.18 Å². The number of carbonyl (C=O) groups is 1. The van der Waals surface area contributed by atoms with Gasteiger partial charge in [0.05, 0.1) is 0 Å². The number of rotatable bonds is 3. The van der Waals surface area contributed by atoms with Gasteiger partial charge in [-0.2, -0.15) is 0 Å². The Labute approximate surface area is 88.0 Å². The highest BCUT2D eigenvalue weighted by molar-refractivity contribution is 5.90. The first-order valence-electron chi connectivity index (χ1n) is 4.55. The third-order valence-corrected chi connectivity index (χ3v) is 1.85. The molecule has 0 bridgehead atoms. The second-order valence-electron chi connectivity index (χ2n) is 3.08. The van der Waals surface area contributed by atoms with Crippen molar-refractivity contribution in [3.63, 3.8) is 0 Å². The molecule has 15 heavy (non-hydrogen) atoms. The zero-order chi connectivity index (χ0) is 11.3. The minimum Gasteiger partial charge on any atom is -0.334 e. The lowest BCUT2D eigenvalue weighted by atomic mass is 10.2. The van der Waals surface area contributed by atoms with Crippen LogP contribution in [0.25, 0.3) is 0 Å². The van der Waals surface area contributed by atoms with E-state index in [1.807, 2.05) is 0 Å². The van der Waals surface area contributed by atoms with Gasteiger partial charge in [0, 0.05) is 12.2 Å². The molecule has 1 aromatic rings. The lowest BCUT2D eigenvalue weighted by Gasteiger charge is -2.08. The van der Waals surface area contributed by atoms with Crippen LogP contribution in [0.5, 0.6) is 0 Å². The first-order chi connectivity index (χ1) is 7.13. The molecule has 0 aliphatic rings. The summed E-state index contributed by atoms with van der Waals surface area (Å²) in [6, 6.07) is 3.87. The highest BCUT2D eigenvalue weighted by Gasteiger charge is 2.03. The van der Waals surface area contributed by atoms with Gasteiger partial charge in [-0.15, -0.1) is 6.58 Å². The van der Waals surface area contributed by atoms with Gasteiger partial charge in [0.25, 0.3) is 0 Å². The van der Waals surface area contributed by atoms with Gasteiger partial charge in [0.2, 0.25) is 0 Å². The first kappa shape index (κ1) is 11.2. The van der Waals surface area contributed by atoms with Crippen LogP contribution in [0.4, 0.5) is 14.9 Å². The van der Waals surface area contributed by atoms with Gasteiger partial charge in [0.15, 0.2) is 0 Å². The van der Waals surface area contributed by atoms with E-state index in [4.69, 9.17) is 0 Å². The molecule has 0 fully saturated rings. The molecule has 0 atom stereocenters. The van der Waals surface area contributed by atoms with E-state index < -0.39 is 0 Å². The minimum absolute atomic E-state index is 0.372. The fraction of sp³-hybridized carbons (Fsp3) is 0.182. The van der Waals surface area contributed by atoms with Crippen LogP contribution >= 0.6 is 0 Å². The molecule has 2 N–H and O–H groups in total. The van der Waals surface area contributed by atoms with E-state index in [2.05, 4.69) is 17.2 Å². The zero-order valence-electron chi connectivity index (χ0n) is 8.51. The van der Waals surface area contributed by atoms with Crippen LogP contribution in [0, 0.1) is 12.7 Å². The van der Waals surface area contributed by atoms with Crippen molar-refractivity contribution in [1.82, 2.24) is 5.32 Å². The number of nitrogens with one attached hydrogen (secondary N) is 2. The molecule has 0 saturated heterocycles. The number of anilines is 1. The van der Waals surface area contributed by atoms with Crippen molar-refractivity contribution in [2.75, 3.05) is 11.9 Å². The fourth-order valence-electron chi connectivity index (χ4n) is 1.06. The molecule has 0 radical (unpaired) electrons. The summed E-state index contributed by atoms with van der Waals surface area (Å²) in [7, 11) is 0. The maximum absolute atomic E-state index is 12.9. The number of halogens is 1. The largest absolute Gasteiger partial charge is 0.334 e. The summed E-state index contributed by atoms with van der Waals surface area (Å²) in [4.78, 5) is 11.2. The van der Waals surface area contributed by atoms with Crippen molar-refractivity contribution in [2.24, 2.45) is 0 Å². The average Bonchev–Trinajstić information content (AvgIpc) is 2.20. The molecule has 1 aromatic carbocycles. The van der Waals surface area contributed by atoms with Crippen molar-refractivity contribution in [3.8, 4) is 0 Å². The molecule has 0 aliphatic carbocycles. The SMILES string of the molecule is C=CCNC(=O)Nc1cc(F)ccc1C. The van der Waals surface area contributed by atoms with Gasteiger partial charge in [-0.05, 0) is 24.6 Å². The molecule has 1 rings (SSSR count).